The Morgan fingerprint density at radius 1 is 1.38 bits per heavy atom. The summed E-state index contributed by atoms with van der Waals surface area (Å²) in [4.78, 5) is 16.0. The number of nitrogens with zero attached hydrogens (tertiary/aromatic N) is 3. The van der Waals surface area contributed by atoms with Crippen molar-refractivity contribution in [2.45, 2.75) is 33.9 Å². The van der Waals surface area contributed by atoms with E-state index in [1.807, 2.05) is 36.7 Å². The maximum absolute atomic E-state index is 11.9. The Balaban J connectivity index is 1.75. The van der Waals surface area contributed by atoms with E-state index in [0.29, 0.717) is 19.0 Å². The molecule has 0 saturated heterocycles. The zero-order valence-electron chi connectivity index (χ0n) is 14.7. The SMILES string of the molecule is COc1ncccc1CNC(=O)NC[C@H](C)Cn1nc(C)cc1C. The fourth-order valence-corrected chi connectivity index (χ4v) is 2.47. The molecule has 2 N–H and O–H groups in total. The number of carbonyl (C=O) groups is 1. The molecular weight excluding hydrogens is 306 g/mol. The number of hydrogen-bond donors (Lipinski definition) is 2. The molecule has 24 heavy (non-hydrogen) atoms. The predicted octanol–water partition coefficient (Wildman–Crippen LogP) is 2.04. The average molecular weight is 331 g/mol. The third kappa shape index (κ3) is 4.97. The Morgan fingerprint density at radius 3 is 2.83 bits per heavy atom. The number of aromatic nitrogens is 3. The molecule has 2 rings (SSSR count). The van der Waals surface area contributed by atoms with Crippen LogP contribution in [0.2, 0.25) is 0 Å². The van der Waals surface area contributed by atoms with Gasteiger partial charge in [-0.1, -0.05) is 13.0 Å². The number of aryl methyl sites for hydroxylation is 2. The van der Waals surface area contributed by atoms with Crippen LogP contribution in [0.1, 0.15) is 23.9 Å². The summed E-state index contributed by atoms with van der Waals surface area (Å²) in [5.41, 5.74) is 2.98. The van der Waals surface area contributed by atoms with Gasteiger partial charge < -0.3 is 15.4 Å². The summed E-state index contributed by atoms with van der Waals surface area (Å²) in [7, 11) is 1.56. The minimum absolute atomic E-state index is 0.207. The summed E-state index contributed by atoms with van der Waals surface area (Å²) < 4.78 is 7.14. The third-order valence-corrected chi connectivity index (χ3v) is 3.68. The van der Waals surface area contributed by atoms with E-state index >= 15 is 0 Å². The van der Waals surface area contributed by atoms with Crippen molar-refractivity contribution in [2.24, 2.45) is 5.92 Å². The van der Waals surface area contributed by atoms with Crippen LogP contribution in [0.5, 0.6) is 5.88 Å². The highest BCUT2D eigenvalue weighted by molar-refractivity contribution is 5.73. The molecule has 1 atom stereocenters. The molecule has 2 aromatic rings. The first-order chi connectivity index (χ1) is 11.5. The number of hydrogen-bond acceptors (Lipinski definition) is 4. The van der Waals surface area contributed by atoms with Gasteiger partial charge in [0.1, 0.15) is 0 Å². The molecule has 0 aliphatic rings. The van der Waals surface area contributed by atoms with Crippen molar-refractivity contribution in [2.75, 3.05) is 13.7 Å². The van der Waals surface area contributed by atoms with E-state index in [0.717, 1.165) is 23.5 Å². The highest BCUT2D eigenvalue weighted by Gasteiger charge is 2.10. The van der Waals surface area contributed by atoms with Gasteiger partial charge in [-0.25, -0.2) is 9.78 Å². The maximum Gasteiger partial charge on any atom is 0.315 e. The summed E-state index contributed by atoms with van der Waals surface area (Å²) in [5.74, 6) is 0.803. The number of carbonyl (C=O) groups excluding carboxylic acids is 1. The van der Waals surface area contributed by atoms with Crippen LogP contribution < -0.4 is 15.4 Å². The van der Waals surface area contributed by atoms with Crippen LogP contribution in [0, 0.1) is 19.8 Å². The molecule has 0 spiro atoms. The quantitative estimate of drug-likeness (QED) is 0.813. The second-order valence-corrected chi connectivity index (χ2v) is 5.95. The molecule has 2 heterocycles. The maximum atomic E-state index is 11.9. The van der Waals surface area contributed by atoms with Gasteiger partial charge in [-0.15, -0.1) is 0 Å². The van der Waals surface area contributed by atoms with Gasteiger partial charge in [-0.3, -0.25) is 4.68 Å². The van der Waals surface area contributed by atoms with Gasteiger partial charge in [0.15, 0.2) is 0 Å². The van der Waals surface area contributed by atoms with Crippen molar-refractivity contribution < 1.29 is 9.53 Å². The molecule has 0 unspecified atom stereocenters. The summed E-state index contributed by atoms with van der Waals surface area (Å²) in [5, 5.41) is 10.1. The average Bonchev–Trinajstić information content (AvgIpc) is 2.88. The third-order valence-electron chi connectivity index (χ3n) is 3.68. The molecular formula is C17H25N5O2. The van der Waals surface area contributed by atoms with Crippen molar-refractivity contribution >= 4 is 6.03 Å². The number of methoxy groups -OCH3 is 1. The standard InChI is InChI=1S/C17H25N5O2/c1-12(11-22-14(3)8-13(2)21-22)9-19-17(23)20-10-15-6-5-7-18-16(15)24-4/h5-8,12H,9-11H2,1-4H3,(H2,19,20,23)/t12-/m0/s1. The van der Waals surface area contributed by atoms with Crippen LogP contribution in [-0.2, 0) is 13.1 Å². The van der Waals surface area contributed by atoms with Crippen LogP contribution in [-0.4, -0.2) is 34.5 Å². The predicted molar refractivity (Wildman–Crippen MR) is 91.9 cm³/mol. The highest BCUT2D eigenvalue weighted by atomic mass is 16.5. The topological polar surface area (TPSA) is 81.1 Å². The summed E-state index contributed by atoms with van der Waals surface area (Å²) in [6.07, 6.45) is 1.66. The summed E-state index contributed by atoms with van der Waals surface area (Å²) >= 11 is 0. The molecule has 7 nitrogen and oxygen atoms in total. The van der Waals surface area contributed by atoms with Gasteiger partial charge in [0.25, 0.3) is 0 Å². The number of pyridine rings is 1. The zero-order chi connectivity index (χ0) is 17.5. The van der Waals surface area contributed by atoms with Crippen molar-refractivity contribution in [3.05, 3.63) is 41.3 Å². The second kappa shape index (κ2) is 8.33. The van der Waals surface area contributed by atoms with Crippen molar-refractivity contribution in [3.63, 3.8) is 0 Å². The molecule has 0 saturated carbocycles. The summed E-state index contributed by atoms with van der Waals surface area (Å²) in [6, 6.07) is 5.53. The largest absolute Gasteiger partial charge is 0.481 e. The fourth-order valence-electron chi connectivity index (χ4n) is 2.47. The smallest absolute Gasteiger partial charge is 0.315 e. The van der Waals surface area contributed by atoms with Gasteiger partial charge in [0.2, 0.25) is 5.88 Å². The summed E-state index contributed by atoms with van der Waals surface area (Å²) in [6.45, 7) is 7.82. The van der Waals surface area contributed by atoms with Gasteiger partial charge >= 0.3 is 6.03 Å². The van der Waals surface area contributed by atoms with E-state index in [2.05, 4.69) is 27.6 Å². The molecule has 0 aliphatic heterocycles. The minimum atomic E-state index is -0.207. The Hall–Kier alpha value is -2.57. The highest BCUT2D eigenvalue weighted by Crippen LogP contribution is 2.12. The number of urea groups is 1. The van der Waals surface area contributed by atoms with E-state index in [1.165, 1.54) is 0 Å². The molecule has 0 bridgehead atoms. The first kappa shape index (κ1) is 17.8. The molecule has 0 radical (unpaired) electrons. The number of amides is 2. The lowest BCUT2D eigenvalue weighted by Crippen LogP contribution is -2.38. The normalized spacial score (nSPS) is 11.8. The van der Waals surface area contributed by atoms with E-state index in [4.69, 9.17) is 4.74 Å². The van der Waals surface area contributed by atoms with E-state index in [9.17, 15) is 4.79 Å². The van der Waals surface area contributed by atoms with Gasteiger partial charge in [0.05, 0.1) is 12.8 Å². The zero-order valence-corrected chi connectivity index (χ0v) is 14.7. The van der Waals surface area contributed by atoms with Crippen molar-refractivity contribution in [1.82, 2.24) is 25.4 Å². The van der Waals surface area contributed by atoms with Gasteiger partial charge in [0, 0.05) is 37.1 Å². The van der Waals surface area contributed by atoms with Gasteiger partial charge in [-0.05, 0) is 31.9 Å². The van der Waals surface area contributed by atoms with Crippen LogP contribution in [0.25, 0.3) is 0 Å². The molecule has 2 aromatic heterocycles. The lowest BCUT2D eigenvalue weighted by Gasteiger charge is -2.15. The molecule has 130 valence electrons. The van der Waals surface area contributed by atoms with Crippen LogP contribution in [0.15, 0.2) is 24.4 Å². The first-order valence-electron chi connectivity index (χ1n) is 8.00. The molecule has 0 fully saturated rings. The van der Waals surface area contributed by atoms with Gasteiger partial charge in [-0.2, -0.15) is 5.10 Å². The molecule has 0 aliphatic carbocycles. The number of rotatable bonds is 7. The van der Waals surface area contributed by atoms with Crippen LogP contribution in [0.4, 0.5) is 4.79 Å². The minimum Gasteiger partial charge on any atom is -0.481 e. The second-order valence-electron chi connectivity index (χ2n) is 5.95. The first-order valence-corrected chi connectivity index (χ1v) is 8.00. The van der Waals surface area contributed by atoms with E-state index in [-0.39, 0.29) is 11.9 Å². The lowest BCUT2D eigenvalue weighted by molar-refractivity contribution is 0.238. The number of nitrogens with one attached hydrogen (secondary N) is 2. The lowest BCUT2D eigenvalue weighted by atomic mass is 10.2. The Bertz CT molecular complexity index is 683. The van der Waals surface area contributed by atoms with E-state index < -0.39 is 0 Å². The number of ether oxygens (including phenoxy) is 1. The molecule has 2 amide bonds. The monoisotopic (exact) mass is 331 g/mol. The fraction of sp³-hybridized carbons (Fsp3) is 0.471. The molecule has 7 heteroatoms. The Morgan fingerprint density at radius 2 is 2.17 bits per heavy atom. The van der Waals surface area contributed by atoms with Crippen molar-refractivity contribution in [1.29, 1.82) is 0 Å². The van der Waals surface area contributed by atoms with E-state index in [1.54, 1.807) is 13.3 Å². The molecule has 0 aromatic carbocycles. The Labute approximate surface area is 142 Å². The Kier molecular flexibility index (Phi) is 6.17. The van der Waals surface area contributed by atoms with Crippen LogP contribution in [0.3, 0.4) is 0 Å². The van der Waals surface area contributed by atoms with Crippen molar-refractivity contribution in [3.8, 4) is 5.88 Å². The van der Waals surface area contributed by atoms with Crippen LogP contribution >= 0.6 is 0 Å².